The monoisotopic (exact) mass is 478 g/mol. The van der Waals surface area contributed by atoms with Crippen molar-refractivity contribution in [3.63, 3.8) is 0 Å². The van der Waals surface area contributed by atoms with Gasteiger partial charge >= 0.3 is 0 Å². The Labute approximate surface area is 201 Å². The maximum atomic E-state index is 13.2. The van der Waals surface area contributed by atoms with Gasteiger partial charge in [-0.15, -0.1) is 22.7 Å². The van der Waals surface area contributed by atoms with E-state index in [4.69, 9.17) is 0 Å². The number of likely N-dealkylation sites (N-methyl/N-ethyl adjacent to an activating group) is 1. The van der Waals surface area contributed by atoms with Gasteiger partial charge in [-0.25, -0.2) is 4.98 Å². The molecule has 0 spiro atoms. The Bertz CT molecular complexity index is 1200. The Hall–Kier alpha value is -2.97. The van der Waals surface area contributed by atoms with Crippen LogP contribution in [0.15, 0.2) is 65.6 Å². The number of imidazole rings is 1. The van der Waals surface area contributed by atoms with Gasteiger partial charge in [-0.1, -0.05) is 36.4 Å². The molecule has 4 heterocycles. The summed E-state index contributed by atoms with van der Waals surface area (Å²) in [5.41, 5.74) is 1.73. The minimum atomic E-state index is -0.00743. The number of fused-ring (bicyclic) bond motifs is 1. The van der Waals surface area contributed by atoms with Crippen LogP contribution < -0.4 is 0 Å². The second kappa shape index (κ2) is 9.49. The molecule has 1 saturated heterocycles. The Morgan fingerprint density at radius 2 is 1.88 bits per heavy atom. The lowest BCUT2D eigenvalue weighted by Gasteiger charge is -2.40. The maximum Gasteiger partial charge on any atom is 0.274 e. The highest BCUT2D eigenvalue weighted by atomic mass is 32.1. The first kappa shape index (κ1) is 21.9. The molecule has 3 aromatic heterocycles. The molecule has 0 radical (unpaired) electrons. The van der Waals surface area contributed by atoms with Crippen molar-refractivity contribution in [3.8, 4) is 0 Å². The van der Waals surface area contributed by atoms with E-state index in [1.165, 1.54) is 28.2 Å². The van der Waals surface area contributed by atoms with Crippen LogP contribution in [0.5, 0.6) is 0 Å². The molecule has 33 heavy (non-hydrogen) atoms. The lowest BCUT2D eigenvalue weighted by Crippen LogP contribution is -2.48. The molecule has 1 aliphatic heterocycles. The van der Waals surface area contributed by atoms with E-state index in [1.807, 2.05) is 74.7 Å². The van der Waals surface area contributed by atoms with Crippen molar-refractivity contribution >= 4 is 39.4 Å². The zero-order chi connectivity index (χ0) is 22.8. The number of carbonyl (C=O) groups is 2. The number of piperidine rings is 1. The van der Waals surface area contributed by atoms with E-state index >= 15 is 0 Å². The highest BCUT2D eigenvalue weighted by Crippen LogP contribution is 2.28. The fourth-order valence-electron chi connectivity index (χ4n) is 4.68. The van der Waals surface area contributed by atoms with Crippen LogP contribution in [-0.2, 0) is 6.42 Å². The van der Waals surface area contributed by atoms with Crippen LogP contribution in [-0.4, -0.2) is 57.2 Å². The largest absolute Gasteiger partial charge is 0.337 e. The number of thiazole rings is 1. The topological polar surface area (TPSA) is 57.9 Å². The first-order valence-corrected chi connectivity index (χ1v) is 12.9. The van der Waals surface area contributed by atoms with E-state index in [9.17, 15) is 9.59 Å². The van der Waals surface area contributed by atoms with Crippen LogP contribution in [0.2, 0.25) is 0 Å². The summed E-state index contributed by atoms with van der Waals surface area (Å²) in [7, 11) is 1.92. The summed E-state index contributed by atoms with van der Waals surface area (Å²) in [6.07, 6.45) is 6.28. The molecule has 2 amide bonds. The highest BCUT2D eigenvalue weighted by Gasteiger charge is 2.34. The van der Waals surface area contributed by atoms with Crippen molar-refractivity contribution in [1.82, 2.24) is 19.2 Å². The number of aromatic nitrogens is 2. The van der Waals surface area contributed by atoms with Gasteiger partial charge in [0.1, 0.15) is 5.69 Å². The molecule has 0 bridgehead atoms. The molecular formula is C25H26N4O2S2. The summed E-state index contributed by atoms with van der Waals surface area (Å²) >= 11 is 3.01. The number of amides is 2. The lowest BCUT2D eigenvalue weighted by atomic mass is 9.84. The fourth-order valence-corrected chi connectivity index (χ4v) is 6.09. The van der Waals surface area contributed by atoms with Crippen molar-refractivity contribution in [2.75, 3.05) is 20.1 Å². The van der Waals surface area contributed by atoms with E-state index in [0.717, 1.165) is 29.1 Å². The molecule has 4 aromatic rings. The summed E-state index contributed by atoms with van der Waals surface area (Å²) in [5.74, 6) is 0.392. The average molecular weight is 479 g/mol. The number of thiophene rings is 1. The predicted octanol–water partition coefficient (Wildman–Crippen LogP) is 4.69. The van der Waals surface area contributed by atoms with Gasteiger partial charge in [0, 0.05) is 44.0 Å². The molecule has 0 aliphatic carbocycles. The zero-order valence-corrected chi connectivity index (χ0v) is 20.1. The molecule has 6 nitrogen and oxygen atoms in total. The van der Waals surface area contributed by atoms with E-state index in [2.05, 4.69) is 17.1 Å². The maximum absolute atomic E-state index is 13.2. The number of carbonyl (C=O) groups excluding carboxylic acids is 2. The van der Waals surface area contributed by atoms with Crippen LogP contribution in [0.25, 0.3) is 4.96 Å². The Kier molecular flexibility index (Phi) is 6.28. The summed E-state index contributed by atoms with van der Waals surface area (Å²) < 4.78 is 1.89. The molecule has 1 aromatic carbocycles. The fraction of sp³-hybridized carbons (Fsp3) is 0.320. The average Bonchev–Trinajstić information content (AvgIpc) is 3.60. The summed E-state index contributed by atoms with van der Waals surface area (Å²) in [5, 5.41) is 3.90. The van der Waals surface area contributed by atoms with E-state index in [1.54, 1.807) is 0 Å². The van der Waals surface area contributed by atoms with Gasteiger partial charge in [-0.2, -0.15) is 0 Å². The Balaban J connectivity index is 1.30. The van der Waals surface area contributed by atoms with Gasteiger partial charge in [-0.05, 0) is 42.2 Å². The third-order valence-corrected chi connectivity index (χ3v) is 8.15. The predicted molar refractivity (Wildman–Crippen MR) is 132 cm³/mol. The van der Waals surface area contributed by atoms with Gasteiger partial charge in [0.2, 0.25) is 0 Å². The lowest BCUT2D eigenvalue weighted by molar-refractivity contribution is 0.0522. The number of nitrogens with zero attached hydrogens (tertiary/aromatic N) is 4. The van der Waals surface area contributed by atoms with Crippen LogP contribution in [0.4, 0.5) is 0 Å². The first-order chi connectivity index (χ1) is 16.1. The van der Waals surface area contributed by atoms with Gasteiger partial charge in [0.05, 0.1) is 4.88 Å². The highest BCUT2D eigenvalue weighted by molar-refractivity contribution is 7.15. The van der Waals surface area contributed by atoms with Crippen LogP contribution >= 0.6 is 22.7 Å². The van der Waals surface area contributed by atoms with Crippen molar-refractivity contribution in [1.29, 1.82) is 0 Å². The first-order valence-electron chi connectivity index (χ1n) is 11.2. The second-order valence-electron chi connectivity index (χ2n) is 8.50. The zero-order valence-electron chi connectivity index (χ0n) is 18.5. The van der Waals surface area contributed by atoms with Crippen LogP contribution in [0.1, 0.15) is 38.6 Å². The minimum Gasteiger partial charge on any atom is -0.337 e. The smallest absolute Gasteiger partial charge is 0.274 e. The number of hydrogen-bond donors (Lipinski definition) is 0. The van der Waals surface area contributed by atoms with Gasteiger partial charge in [-0.3, -0.25) is 14.0 Å². The summed E-state index contributed by atoms with van der Waals surface area (Å²) in [6.45, 7) is 1.36. The number of likely N-dealkylation sites (tertiary alicyclic amines) is 1. The van der Waals surface area contributed by atoms with Crippen molar-refractivity contribution in [3.05, 3.63) is 81.8 Å². The number of hydrogen-bond acceptors (Lipinski definition) is 5. The SMILES string of the molecule is CN(C(=O)c1cccs1)C(Cc1ccccc1)C1CCN(C(=O)c2cn3ccsc3n2)CC1. The van der Waals surface area contributed by atoms with Crippen LogP contribution in [0.3, 0.4) is 0 Å². The van der Waals surface area contributed by atoms with Gasteiger partial charge in [0.25, 0.3) is 11.8 Å². The van der Waals surface area contributed by atoms with Crippen molar-refractivity contribution in [2.24, 2.45) is 5.92 Å². The molecule has 170 valence electrons. The summed E-state index contributed by atoms with van der Waals surface area (Å²) in [4.78, 5) is 36.1. The van der Waals surface area contributed by atoms with E-state index < -0.39 is 0 Å². The Morgan fingerprint density at radius 3 is 2.58 bits per heavy atom. The molecular weight excluding hydrogens is 452 g/mol. The van der Waals surface area contributed by atoms with Crippen LogP contribution in [0, 0.1) is 5.92 Å². The molecule has 8 heteroatoms. The molecule has 5 rings (SSSR count). The third-order valence-electron chi connectivity index (χ3n) is 6.52. The summed E-state index contributed by atoms with van der Waals surface area (Å²) in [6, 6.07) is 14.2. The molecule has 0 saturated carbocycles. The second-order valence-corrected chi connectivity index (χ2v) is 10.3. The minimum absolute atomic E-state index is 0.00743. The molecule has 1 atom stereocenters. The van der Waals surface area contributed by atoms with Crippen molar-refractivity contribution in [2.45, 2.75) is 25.3 Å². The van der Waals surface area contributed by atoms with Crippen molar-refractivity contribution < 1.29 is 9.59 Å². The normalized spacial score (nSPS) is 15.6. The quantitative estimate of drug-likeness (QED) is 0.404. The third kappa shape index (κ3) is 4.58. The van der Waals surface area contributed by atoms with E-state index in [0.29, 0.717) is 24.7 Å². The number of benzene rings is 1. The molecule has 1 aliphatic rings. The van der Waals surface area contributed by atoms with Gasteiger partial charge < -0.3 is 9.80 Å². The van der Waals surface area contributed by atoms with E-state index in [-0.39, 0.29) is 17.9 Å². The van der Waals surface area contributed by atoms with Gasteiger partial charge in [0.15, 0.2) is 4.96 Å². The number of rotatable bonds is 6. The molecule has 1 fully saturated rings. The molecule has 1 unspecified atom stereocenters. The standard InChI is InChI=1S/C25H26N4O2S2/c1-27(24(31)22-8-5-14-32-22)21(16-18-6-3-2-4-7-18)19-9-11-28(12-10-19)23(30)20-17-29-13-15-33-25(29)26-20/h2-8,13-15,17,19,21H,9-12,16H2,1H3. The Morgan fingerprint density at radius 1 is 1.09 bits per heavy atom. The molecule has 0 N–H and O–H groups in total.